The predicted octanol–water partition coefficient (Wildman–Crippen LogP) is 5.12. The average Bonchev–Trinajstić information content (AvgIpc) is 3.45. The molecule has 0 bridgehead atoms. The number of hydrogen-bond acceptors (Lipinski definition) is 6. The Labute approximate surface area is 224 Å². The summed E-state index contributed by atoms with van der Waals surface area (Å²) in [5.74, 6) is -0.209. The Morgan fingerprint density at radius 2 is 1.76 bits per heavy atom. The maximum Gasteiger partial charge on any atom is 0.410 e. The number of aryl methyl sites for hydroxylation is 1. The minimum absolute atomic E-state index is 0.0520. The third kappa shape index (κ3) is 5.98. The van der Waals surface area contributed by atoms with Gasteiger partial charge in [0.05, 0.1) is 12.7 Å². The van der Waals surface area contributed by atoms with Crippen LogP contribution in [-0.2, 0) is 26.1 Å². The zero-order chi connectivity index (χ0) is 27.6. The lowest BCUT2D eigenvalue weighted by atomic mass is 9.75. The largest absolute Gasteiger partial charge is 0.461 e. The lowest BCUT2D eigenvalue weighted by Gasteiger charge is -2.35. The van der Waals surface area contributed by atoms with E-state index in [1.165, 1.54) is 0 Å². The molecule has 1 aliphatic heterocycles. The molecule has 2 atom stereocenters. The number of nitrogens with zero attached hydrogens (tertiary/aromatic N) is 2. The van der Waals surface area contributed by atoms with Gasteiger partial charge in [0.25, 0.3) is 0 Å². The van der Waals surface area contributed by atoms with Crippen molar-refractivity contribution in [1.29, 1.82) is 0 Å². The van der Waals surface area contributed by atoms with E-state index in [1.54, 1.807) is 29.6 Å². The molecule has 0 spiro atoms. The highest BCUT2D eigenvalue weighted by atomic mass is 16.6. The number of rotatable bonds is 6. The number of aromatic nitrogens is 1. The van der Waals surface area contributed by atoms with E-state index in [0.29, 0.717) is 30.5 Å². The van der Waals surface area contributed by atoms with Crippen molar-refractivity contribution >= 4 is 34.6 Å². The summed E-state index contributed by atoms with van der Waals surface area (Å²) in [6.45, 7) is 8.06. The first-order chi connectivity index (χ1) is 18.0. The number of likely N-dealkylation sites (tertiary alicyclic amines) is 1. The standard InChI is InChI=1S/C29H41N3O6/c1-7-37-27(34)24-17-19-16-20(10-13-23(19)31(24)5)30-26(33)25-22(18-8-11-21(36-6)12-9-18)14-15-32(25)28(35)38-29(2,3)4/h10,13,16-18,21-22,25H,7-9,11-12,14-15H2,1-6H3,(H,30,33)/t18?,21?,22-,25-/m0/s1. The van der Waals surface area contributed by atoms with Gasteiger partial charge in [0.15, 0.2) is 0 Å². The topological polar surface area (TPSA) is 99.1 Å². The number of amides is 2. The molecule has 1 saturated heterocycles. The number of benzene rings is 1. The van der Waals surface area contributed by atoms with Crippen molar-refractivity contribution in [2.24, 2.45) is 18.9 Å². The molecule has 1 saturated carbocycles. The number of carbonyl (C=O) groups excluding carboxylic acids is 3. The number of anilines is 1. The number of nitrogens with one attached hydrogen (secondary N) is 1. The molecule has 1 aliphatic carbocycles. The van der Waals surface area contributed by atoms with E-state index in [1.807, 2.05) is 46.0 Å². The fourth-order valence-corrected chi connectivity index (χ4v) is 5.97. The van der Waals surface area contributed by atoms with Gasteiger partial charge in [-0.05, 0) is 95.9 Å². The number of esters is 1. The van der Waals surface area contributed by atoms with Crippen molar-refractivity contribution in [3.63, 3.8) is 0 Å². The Hall–Kier alpha value is -3.07. The SMILES string of the molecule is CCOC(=O)c1cc2cc(NC(=O)[C@@H]3[C@H](C4CCC(OC)CC4)CCN3C(=O)OC(C)(C)C)ccc2n1C. The van der Waals surface area contributed by atoms with Crippen molar-refractivity contribution in [3.05, 3.63) is 30.0 Å². The first-order valence-corrected chi connectivity index (χ1v) is 13.6. The molecule has 2 fully saturated rings. The molecule has 1 aromatic heterocycles. The van der Waals surface area contributed by atoms with E-state index >= 15 is 0 Å². The summed E-state index contributed by atoms with van der Waals surface area (Å²) in [6.07, 6.45) is 4.45. The number of ether oxygens (including phenoxy) is 3. The fourth-order valence-electron chi connectivity index (χ4n) is 5.97. The summed E-state index contributed by atoms with van der Waals surface area (Å²) in [6, 6.07) is 6.69. The summed E-state index contributed by atoms with van der Waals surface area (Å²) in [5, 5.41) is 3.88. The van der Waals surface area contributed by atoms with Gasteiger partial charge in [-0.1, -0.05) is 0 Å². The Morgan fingerprint density at radius 3 is 2.39 bits per heavy atom. The maximum atomic E-state index is 13.8. The van der Waals surface area contributed by atoms with Gasteiger partial charge in [0.2, 0.25) is 5.91 Å². The van der Waals surface area contributed by atoms with Crippen LogP contribution in [0.1, 0.15) is 70.3 Å². The Morgan fingerprint density at radius 1 is 1.05 bits per heavy atom. The van der Waals surface area contributed by atoms with Crippen LogP contribution in [0.2, 0.25) is 0 Å². The molecule has 208 valence electrons. The highest BCUT2D eigenvalue weighted by molar-refractivity contribution is 6.00. The zero-order valence-electron chi connectivity index (χ0n) is 23.4. The van der Waals surface area contributed by atoms with Crippen molar-refractivity contribution in [2.75, 3.05) is 25.6 Å². The Bertz CT molecular complexity index is 1170. The van der Waals surface area contributed by atoms with Gasteiger partial charge in [-0.2, -0.15) is 0 Å². The molecule has 2 amide bonds. The first kappa shape index (κ1) is 28.0. The molecule has 1 N–H and O–H groups in total. The molecule has 2 heterocycles. The predicted molar refractivity (Wildman–Crippen MR) is 145 cm³/mol. The normalized spacial score (nSPS) is 23.9. The Kier molecular flexibility index (Phi) is 8.35. The van der Waals surface area contributed by atoms with Crippen LogP contribution in [0.15, 0.2) is 24.3 Å². The van der Waals surface area contributed by atoms with Crippen LogP contribution >= 0.6 is 0 Å². The van der Waals surface area contributed by atoms with E-state index < -0.39 is 17.7 Å². The second-order valence-electron chi connectivity index (χ2n) is 11.4. The van der Waals surface area contributed by atoms with Crippen molar-refractivity contribution in [2.45, 2.75) is 77.5 Å². The lowest BCUT2D eigenvalue weighted by Crippen LogP contribution is -2.49. The highest BCUT2D eigenvalue weighted by Crippen LogP contribution is 2.40. The van der Waals surface area contributed by atoms with E-state index in [0.717, 1.165) is 43.0 Å². The molecule has 38 heavy (non-hydrogen) atoms. The van der Waals surface area contributed by atoms with Gasteiger partial charge < -0.3 is 24.1 Å². The third-order valence-electron chi connectivity index (χ3n) is 7.79. The monoisotopic (exact) mass is 527 g/mol. The second kappa shape index (κ2) is 11.4. The molecule has 4 rings (SSSR count). The second-order valence-corrected chi connectivity index (χ2v) is 11.4. The number of carbonyl (C=O) groups is 3. The van der Waals surface area contributed by atoms with Crippen LogP contribution < -0.4 is 5.32 Å². The minimum atomic E-state index is -0.651. The molecule has 9 nitrogen and oxygen atoms in total. The highest BCUT2D eigenvalue weighted by Gasteiger charge is 2.47. The zero-order valence-corrected chi connectivity index (χ0v) is 23.4. The van der Waals surface area contributed by atoms with Crippen molar-refractivity contribution in [3.8, 4) is 0 Å². The van der Waals surface area contributed by atoms with Crippen LogP contribution in [0.3, 0.4) is 0 Å². The molecular formula is C29H41N3O6. The lowest BCUT2D eigenvalue weighted by molar-refractivity contribution is -0.122. The number of methoxy groups -OCH3 is 1. The number of fused-ring (bicyclic) bond motifs is 1. The first-order valence-electron chi connectivity index (χ1n) is 13.6. The average molecular weight is 528 g/mol. The van der Waals surface area contributed by atoms with Gasteiger partial charge >= 0.3 is 12.1 Å². The van der Waals surface area contributed by atoms with Crippen molar-refractivity contribution in [1.82, 2.24) is 9.47 Å². The van der Waals surface area contributed by atoms with E-state index in [-0.39, 0.29) is 23.9 Å². The molecule has 0 unspecified atom stereocenters. The van der Waals surface area contributed by atoms with Gasteiger partial charge in [0.1, 0.15) is 17.3 Å². The van der Waals surface area contributed by atoms with E-state index in [2.05, 4.69) is 5.32 Å². The number of hydrogen-bond donors (Lipinski definition) is 1. The quantitative estimate of drug-likeness (QED) is 0.523. The van der Waals surface area contributed by atoms with Crippen LogP contribution in [0.25, 0.3) is 10.9 Å². The molecule has 2 aromatic rings. The van der Waals surface area contributed by atoms with E-state index in [4.69, 9.17) is 14.2 Å². The van der Waals surface area contributed by atoms with E-state index in [9.17, 15) is 14.4 Å². The summed E-state index contributed by atoms with van der Waals surface area (Å²) < 4.78 is 18.2. The third-order valence-corrected chi connectivity index (χ3v) is 7.79. The van der Waals surface area contributed by atoms with Gasteiger partial charge in [-0.3, -0.25) is 9.69 Å². The summed E-state index contributed by atoms with van der Waals surface area (Å²) >= 11 is 0. The molecule has 1 aromatic carbocycles. The van der Waals surface area contributed by atoms with Crippen LogP contribution in [-0.4, -0.2) is 65.4 Å². The molecular weight excluding hydrogens is 486 g/mol. The Balaban J connectivity index is 1.57. The van der Waals surface area contributed by atoms with Gasteiger partial charge in [0, 0.05) is 37.3 Å². The smallest absolute Gasteiger partial charge is 0.410 e. The fraction of sp³-hybridized carbons (Fsp3) is 0.621. The summed E-state index contributed by atoms with van der Waals surface area (Å²) in [4.78, 5) is 40.9. The van der Waals surface area contributed by atoms with Crippen LogP contribution in [0.5, 0.6) is 0 Å². The molecule has 9 heteroatoms. The van der Waals surface area contributed by atoms with Gasteiger partial charge in [-0.25, -0.2) is 9.59 Å². The van der Waals surface area contributed by atoms with Crippen molar-refractivity contribution < 1.29 is 28.6 Å². The maximum absolute atomic E-state index is 13.8. The minimum Gasteiger partial charge on any atom is -0.461 e. The molecule has 2 aliphatic rings. The van der Waals surface area contributed by atoms with Crippen LogP contribution in [0.4, 0.5) is 10.5 Å². The van der Waals surface area contributed by atoms with Gasteiger partial charge in [-0.15, -0.1) is 0 Å². The molecule has 0 radical (unpaired) electrons. The summed E-state index contributed by atoms with van der Waals surface area (Å²) in [7, 11) is 3.56. The van der Waals surface area contributed by atoms with Crippen LogP contribution in [0, 0.1) is 11.8 Å². The summed E-state index contributed by atoms with van der Waals surface area (Å²) in [5.41, 5.74) is 1.27.